The van der Waals surface area contributed by atoms with Crippen LogP contribution >= 0.6 is 0 Å². The van der Waals surface area contributed by atoms with Crippen LogP contribution in [0.4, 0.5) is 0 Å². The van der Waals surface area contributed by atoms with E-state index >= 15 is 0 Å². The van der Waals surface area contributed by atoms with Crippen LogP contribution in [-0.2, 0) is 13.6 Å². The van der Waals surface area contributed by atoms with Crippen LogP contribution < -0.4 is 5.32 Å². The molecule has 0 aliphatic rings. The molecule has 86 valence electrons. The molecule has 0 saturated carbocycles. The van der Waals surface area contributed by atoms with Crippen LogP contribution in [0.25, 0.3) is 0 Å². The summed E-state index contributed by atoms with van der Waals surface area (Å²) in [5.74, 6) is 0. The van der Waals surface area contributed by atoms with E-state index in [2.05, 4.69) is 17.3 Å². The minimum absolute atomic E-state index is 0.248. The Balaban J connectivity index is 2.44. The van der Waals surface area contributed by atoms with E-state index in [9.17, 15) is 0 Å². The molecular weight excluding hydrogens is 190 g/mol. The van der Waals surface area contributed by atoms with Crippen LogP contribution in [-0.4, -0.2) is 27.5 Å². The predicted molar refractivity (Wildman–Crippen MR) is 60.6 cm³/mol. The Hall–Kier alpha value is -0.870. The summed E-state index contributed by atoms with van der Waals surface area (Å²) in [5.41, 5.74) is 2.30. The lowest BCUT2D eigenvalue weighted by Crippen LogP contribution is -2.28. The molecule has 1 unspecified atom stereocenters. The zero-order valence-electron chi connectivity index (χ0n) is 9.82. The first kappa shape index (κ1) is 12.2. The van der Waals surface area contributed by atoms with Crippen LogP contribution in [0.3, 0.4) is 0 Å². The fourth-order valence-electron chi connectivity index (χ4n) is 1.68. The van der Waals surface area contributed by atoms with Crippen molar-refractivity contribution >= 4 is 0 Å². The molecule has 15 heavy (non-hydrogen) atoms. The van der Waals surface area contributed by atoms with Gasteiger partial charge in [0.1, 0.15) is 0 Å². The number of aliphatic hydroxyl groups excluding tert-OH is 1. The summed E-state index contributed by atoms with van der Waals surface area (Å²) < 4.78 is 1.83. The first-order valence-corrected chi connectivity index (χ1v) is 5.50. The molecule has 1 aromatic heterocycles. The van der Waals surface area contributed by atoms with Crippen molar-refractivity contribution in [1.29, 1.82) is 0 Å². The van der Waals surface area contributed by atoms with Crippen molar-refractivity contribution in [2.75, 3.05) is 6.61 Å². The maximum Gasteiger partial charge on any atom is 0.0638 e. The van der Waals surface area contributed by atoms with Gasteiger partial charge in [-0.15, -0.1) is 0 Å². The van der Waals surface area contributed by atoms with Gasteiger partial charge >= 0.3 is 0 Å². The second-order valence-electron chi connectivity index (χ2n) is 3.91. The number of aromatic nitrogens is 2. The monoisotopic (exact) mass is 211 g/mol. The molecule has 4 heteroatoms. The quantitative estimate of drug-likeness (QED) is 0.737. The summed E-state index contributed by atoms with van der Waals surface area (Å²) in [4.78, 5) is 0. The van der Waals surface area contributed by atoms with Gasteiger partial charge in [0.2, 0.25) is 0 Å². The molecule has 0 radical (unpaired) electrons. The number of rotatable bonds is 6. The second-order valence-corrected chi connectivity index (χ2v) is 3.91. The fraction of sp³-hybridized carbons (Fsp3) is 0.727. The van der Waals surface area contributed by atoms with Crippen molar-refractivity contribution in [2.45, 2.75) is 39.3 Å². The van der Waals surface area contributed by atoms with Crippen LogP contribution in [0.1, 0.15) is 31.0 Å². The molecule has 4 nitrogen and oxygen atoms in total. The van der Waals surface area contributed by atoms with Crippen LogP contribution in [0.15, 0.2) is 6.20 Å². The van der Waals surface area contributed by atoms with E-state index in [1.54, 1.807) is 0 Å². The fourth-order valence-corrected chi connectivity index (χ4v) is 1.68. The van der Waals surface area contributed by atoms with Gasteiger partial charge in [0.25, 0.3) is 0 Å². The normalized spacial score (nSPS) is 13.1. The number of aryl methyl sites for hydroxylation is 2. The van der Waals surface area contributed by atoms with Gasteiger partial charge in [0, 0.05) is 38.0 Å². The molecule has 1 aromatic rings. The molecule has 0 aliphatic carbocycles. The average molecular weight is 211 g/mol. The molecule has 0 bridgehead atoms. The Morgan fingerprint density at radius 2 is 2.33 bits per heavy atom. The van der Waals surface area contributed by atoms with Gasteiger partial charge in [-0.3, -0.25) is 4.68 Å². The van der Waals surface area contributed by atoms with Crippen LogP contribution in [0, 0.1) is 6.92 Å². The Kier molecular flexibility index (Phi) is 4.78. The number of nitrogens with one attached hydrogen (secondary N) is 1. The molecule has 1 rings (SSSR count). The molecule has 1 heterocycles. The lowest BCUT2D eigenvalue weighted by molar-refractivity contribution is 0.262. The van der Waals surface area contributed by atoms with E-state index < -0.39 is 0 Å². The highest BCUT2D eigenvalue weighted by Crippen LogP contribution is 2.05. The van der Waals surface area contributed by atoms with E-state index in [0.717, 1.165) is 25.1 Å². The smallest absolute Gasteiger partial charge is 0.0638 e. The Morgan fingerprint density at radius 1 is 1.60 bits per heavy atom. The third-order valence-corrected chi connectivity index (χ3v) is 2.67. The van der Waals surface area contributed by atoms with Gasteiger partial charge < -0.3 is 10.4 Å². The number of aliphatic hydroxyl groups is 1. The van der Waals surface area contributed by atoms with Gasteiger partial charge in [-0.05, 0) is 19.8 Å². The standard InChI is InChI=1S/C11H21N3O/c1-4-11(5-6-15)12-7-10-8-14(3)13-9(10)2/h8,11-12,15H,4-7H2,1-3H3. The van der Waals surface area contributed by atoms with Gasteiger partial charge in [-0.1, -0.05) is 6.92 Å². The maximum atomic E-state index is 8.87. The SMILES string of the molecule is CCC(CCO)NCc1cn(C)nc1C. The highest BCUT2D eigenvalue weighted by atomic mass is 16.3. The second kappa shape index (κ2) is 5.88. The van der Waals surface area contributed by atoms with Crippen molar-refractivity contribution < 1.29 is 5.11 Å². The lowest BCUT2D eigenvalue weighted by atomic mass is 10.1. The lowest BCUT2D eigenvalue weighted by Gasteiger charge is -2.14. The zero-order chi connectivity index (χ0) is 11.3. The minimum Gasteiger partial charge on any atom is -0.396 e. The minimum atomic E-state index is 0.248. The molecule has 0 aliphatic heterocycles. The summed E-state index contributed by atoms with van der Waals surface area (Å²) in [7, 11) is 1.93. The molecular formula is C11H21N3O. The molecule has 1 atom stereocenters. The van der Waals surface area contributed by atoms with Gasteiger partial charge in [-0.2, -0.15) is 5.10 Å². The third kappa shape index (κ3) is 3.64. The molecule has 0 amide bonds. The van der Waals surface area contributed by atoms with E-state index in [0.29, 0.717) is 6.04 Å². The van der Waals surface area contributed by atoms with Crippen molar-refractivity contribution in [2.24, 2.45) is 7.05 Å². The van der Waals surface area contributed by atoms with Gasteiger partial charge in [-0.25, -0.2) is 0 Å². The van der Waals surface area contributed by atoms with Crippen LogP contribution in [0.2, 0.25) is 0 Å². The van der Waals surface area contributed by atoms with Crippen molar-refractivity contribution in [1.82, 2.24) is 15.1 Å². The average Bonchev–Trinajstić information content (AvgIpc) is 2.52. The van der Waals surface area contributed by atoms with Crippen molar-refractivity contribution in [3.05, 3.63) is 17.5 Å². The van der Waals surface area contributed by atoms with Gasteiger partial charge in [0.05, 0.1) is 5.69 Å². The summed E-state index contributed by atoms with van der Waals surface area (Å²) in [6.07, 6.45) is 3.89. The van der Waals surface area contributed by atoms with Crippen LogP contribution in [0.5, 0.6) is 0 Å². The first-order valence-electron chi connectivity index (χ1n) is 5.50. The van der Waals surface area contributed by atoms with Crippen molar-refractivity contribution in [3.63, 3.8) is 0 Å². The Labute approximate surface area is 91.3 Å². The number of hydrogen-bond acceptors (Lipinski definition) is 3. The van der Waals surface area contributed by atoms with Crippen molar-refractivity contribution in [3.8, 4) is 0 Å². The predicted octanol–water partition coefficient (Wildman–Crippen LogP) is 0.979. The van der Waals surface area contributed by atoms with Gasteiger partial charge in [0.15, 0.2) is 0 Å². The Bertz CT molecular complexity index is 296. The summed E-state index contributed by atoms with van der Waals surface area (Å²) >= 11 is 0. The highest BCUT2D eigenvalue weighted by Gasteiger charge is 2.07. The zero-order valence-corrected chi connectivity index (χ0v) is 9.82. The third-order valence-electron chi connectivity index (χ3n) is 2.67. The topological polar surface area (TPSA) is 50.1 Å². The number of nitrogens with zero attached hydrogens (tertiary/aromatic N) is 2. The summed E-state index contributed by atoms with van der Waals surface area (Å²) in [5, 5.41) is 16.6. The van der Waals surface area contributed by atoms with E-state index in [1.165, 1.54) is 5.56 Å². The summed E-state index contributed by atoms with van der Waals surface area (Å²) in [6.45, 7) is 5.23. The largest absolute Gasteiger partial charge is 0.396 e. The van der Waals surface area contributed by atoms with E-state index in [-0.39, 0.29) is 6.61 Å². The Morgan fingerprint density at radius 3 is 2.80 bits per heavy atom. The molecule has 0 saturated heterocycles. The molecule has 0 fully saturated rings. The molecule has 2 N–H and O–H groups in total. The first-order chi connectivity index (χ1) is 7.17. The van der Waals surface area contributed by atoms with E-state index in [1.807, 2.05) is 24.9 Å². The number of hydrogen-bond donors (Lipinski definition) is 2. The molecule has 0 spiro atoms. The maximum absolute atomic E-state index is 8.87. The molecule has 0 aromatic carbocycles. The summed E-state index contributed by atoms with van der Waals surface area (Å²) in [6, 6.07) is 0.398. The van der Waals surface area contributed by atoms with E-state index in [4.69, 9.17) is 5.11 Å². The highest BCUT2D eigenvalue weighted by molar-refractivity contribution is 5.14.